The number of rotatable bonds is 3. The lowest BCUT2D eigenvalue weighted by Crippen LogP contribution is -2.18. The Bertz CT molecular complexity index is 547. The molecular formula is C15H15NO2. The van der Waals surface area contributed by atoms with E-state index >= 15 is 0 Å². The molecule has 0 aliphatic rings. The van der Waals surface area contributed by atoms with E-state index in [0.29, 0.717) is 6.54 Å². The van der Waals surface area contributed by atoms with Crippen LogP contribution in [0.2, 0.25) is 0 Å². The van der Waals surface area contributed by atoms with Crippen LogP contribution >= 0.6 is 0 Å². The minimum absolute atomic E-state index is 0.0419. The fourth-order valence-corrected chi connectivity index (χ4v) is 1.75. The predicted molar refractivity (Wildman–Crippen MR) is 71.1 cm³/mol. The summed E-state index contributed by atoms with van der Waals surface area (Å²) in [5.41, 5.74) is 2.80. The normalized spacial score (nSPS) is 10.1. The van der Waals surface area contributed by atoms with E-state index in [1.165, 1.54) is 6.92 Å². The number of phenols is 1. The summed E-state index contributed by atoms with van der Waals surface area (Å²) in [7, 11) is 0. The summed E-state index contributed by atoms with van der Waals surface area (Å²) >= 11 is 0. The molecule has 0 saturated carbocycles. The third-order valence-electron chi connectivity index (χ3n) is 2.71. The van der Waals surface area contributed by atoms with E-state index in [1.54, 1.807) is 12.1 Å². The molecule has 2 aromatic carbocycles. The Labute approximate surface area is 106 Å². The van der Waals surface area contributed by atoms with Crippen molar-refractivity contribution in [3.05, 3.63) is 54.1 Å². The monoisotopic (exact) mass is 241 g/mol. The molecule has 2 N–H and O–H groups in total. The van der Waals surface area contributed by atoms with Crippen LogP contribution in [-0.2, 0) is 11.3 Å². The molecule has 2 aromatic rings. The van der Waals surface area contributed by atoms with Crippen molar-refractivity contribution >= 4 is 5.91 Å². The van der Waals surface area contributed by atoms with Gasteiger partial charge in [0.2, 0.25) is 5.91 Å². The van der Waals surface area contributed by atoms with Gasteiger partial charge < -0.3 is 10.4 Å². The Morgan fingerprint density at radius 3 is 2.39 bits per heavy atom. The highest BCUT2D eigenvalue weighted by molar-refractivity contribution is 5.73. The number of aromatic hydroxyl groups is 1. The molecular weight excluding hydrogens is 226 g/mol. The van der Waals surface area contributed by atoms with E-state index < -0.39 is 0 Å². The summed E-state index contributed by atoms with van der Waals surface area (Å²) in [6.07, 6.45) is 0. The summed E-state index contributed by atoms with van der Waals surface area (Å²) < 4.78 is 0. The maximum Gasteiger partial charge on any atom is 0.217 e. The van der Waals surface area contributed by atoms with Crippen molar-refractivity contribution in [3.63, 3.8) is 0 Å². The molecule has 0 aliphatic carbocycles. The molecule has 0 spiro atoms. The molecule has 0 unspecified atom stereocenters. The highest BCUT2D eigenvalue weighted by Crippen LogP contribution is 2.28. The average Bonchev–Trinajstić information content (AvgIpc) is 2.38. The SMILES string of the molecule is CC(=O)NCc1ccc(-c2ccccc2O)cc1. The molecule has 0 aliphatic heterocycles. The second-order valence-corrected chi connectivity index (χ2v) is 4.12. The molecule has 0 bridgehead atoms. The maximum absolute atomic E-state index is 10.8. The van der Waals surface area contributed by atoms with Crippen molar-refractivity contribution in [1.82, 2.24) is 5.32 Å². The van der Waals surface area contributed by atoms with Crippen LogP contribution in [-0.4, -0.2) is 11.0 Å². The summed E-state index contributed by atoms with van der Waals surface area (Å²) in [6, 6.07) is 15.0. The van der Waals surface area contributed by atoms with Crippen LogP contribution in [0.15, 0.2) is 48.5 Å². The molecule has 0 atom stereocenters. The number of para-hydroxylation sites is 1. The molecule has 0 heterocycles. The molecule has 2 rings (SSSR count). The maximum atomic E-state index is 10.8. The first-order valence-corrected chi connectivity index (χ1v) is 5.78. The fraction of sp³-hybridized carbons (Fsp3) is 0.133. The van der Waals surface area contributed by atoms with E-state index in [4.69, 9.17) is 0 Å². The minimum atomic E-state index is -0.0419. The summed E-state index contributed by atoms with van der Waals surface area (Å²) in [5.74, 6) is 0.229. The van der Waals surface area contributed by atoms with Gasteiger partial charge in [-0.1, -0.05) is 42.5 Å². The van der Waals surface area contributed by atoms with Gasteiger partial charge in [0.25, 0.3) is 0 Å². The molecule has 1 amide bonds. The van der Waals surface area contributed by atoms with Crippen LogP contribution in [0.5, 0.6) is 5.75 Å². The smallest absolute Gasteiger partial charge is 0.217 e. The largest absolute Gasteiger partial charge is 0.507 e. The first-order valence-electron chi connectivity index (χ1n) is 5.78. The zero-order valence-corrected chi connectivity index (χ0v) is 10.2. The lowest BCUT2D eigenvalue weighted by molar-refractivity contribution is -0.119. The van der Waals surface area contributed by atoms with E-state index in [-0.39, 0.29) is 11.7 Å². The predicted octanol–water partition coefficient (Wildman–Crippen LogP) is 2.70. The minimum Gasteiger partial charge on any atom is -0.507 e. The first-order chi connectivity index (χ1) is 8.66. The topological polar surface area (TPSA) is 49.3 Å². The van der Waals surface area contributed by atoms with Gasteiger partial charge in [0.05, 0.1) is 0 Å². The lowest BCUT2D eigenvalue weighted by Gasteiger charge is -2.06. The number of phenolic OH excluding ortho intramolecular Hbond substituents is 1. The van der Waals surface area contributed by atoms with Crippen molar-refractivity contribution < 1.29 is 9.90 Å². The average molecular weight is 241 g/mol. The third-order valence-corrected chi connectivity index (χ3v) is 2.71. The summed E-state index contributed by atoms with van der Waals surface area (Å²) in [4.78, 5) is 10.8. The Kier molecular flexibility index (Phi) is 3.63. The van der Waals surface area contributed by atoms with Gasteiger partial charge in [-0.2, -0.15) is 0 Å². The van der Waals surface area contributed by atoms with Gasteiger partial charge in [0.1, 0.15) is 5.75 Å². The van der Waals surface area contributed by atoms with Crippen LogP contribution in [0.3, 0.4) is 0 Å². The van der Waals surface area contributed by atoms with Crippen molar-refractivity contribution in [2.24, 2.45) is 0 Å². The zero-order chi connectivity index (χ0) is 13.0. The number of benzene rings is 2. The first kappa shape index (κ1) is 12.2. The van der Waals surface area contributed by atoms with Crippen molar-refractivity contribution in [3.8, 4) is 16.9 Å². The second-order valence-electron chi connectivity index (χ2n) is 4.12. The molecule has 3 heteroatoms. The van der Waals surface area contributed by atoms with Gasteiger partial charge in [0.15, 0.2) is 0 Å². The highest BCUT2D eigenvalue weighted by atomic mass is 16.3. The van der Waals surface area contributed by atoms with Crippen LogP contribution in [0.4, 0.5) is 0 Å². The van der Waals surface area contributed by atoms with E-state index in [2.05, 4.69) is 5.32 Å². The van der Waals surface area contributed by atoms with Crippen LogP contribution in [0, 0.1) is 0 Å². The van der Waals surface area contributed by atoms with E-state index in [1.807, 2.05) is 36.4 Å². The Morgan fingerprint density at radius 1 is 1.11 bits per heavy atom. The van der Waals surface area contributed by atoms with Gasteiger partial charge in [-0.15, -0.1) is 0 Å². The second kappa shape index (κ2) is 5.36. The van der Waals surface area contributed by atoms with Gasteiger partial charge in [0, 0.05) is 19.0 Å². The van der Waals surface area contributed by atoms with Crippen molar-refractivity contribution in [1.29, 1.82) is 0 Å². The standard InChI is InChI=1S/C15H15NO2/c1-11(17)16-10-12-6-8-13(9-7-12)14-4-2-3-5-15(14)18/h2-9,18H,10H2,1H3,(H,16,17). The Balaban J connectivity index is 2.17. The molecule has 18 heavy (non-hydrogen) atoms. The summed E-state index contributed by atoms with van der Waals surface area (Å²) in [5, 5.41) is 12.5. The zero-order valence-electron chi connectivity index (χ0n) is 10.2. The number of hydrogen-bond acceptors (Lipinski definition) is 2. The number of carbonyl (C=O) groups excluding carboxylic acids is 1. The van der Waals surface area contributed by atoms with Gasteiger partial charge in [-0.05, 0) is 17.2 Å². The van der Waals surface area contributed by atoms with Crippen molar-refractivity contribution in [2.45, 2.75) is 13.5 Å². The van der Waals surface area contributed by atoms with Gasteiger partial charge >= 0.3 is 0 Å². The molecule has 0 aromatic heterocycles. The van der Waals surface area contributed by atoms with Gasteiger partial charge in [-0.25, -0.2) is 0 Å². The quantitative estimate of drug-likeness (QED) is 0.868. The Hall–Kier alpha value is -2.29. The number of amides is 1. The molecule has 0 fully saturated rings. The van der Waals surface area contributed by atoms with Crippen LogP contribution in [0.1, 0.15) is 12.5 Å². The van der Waals surface area contributed by atoms with Gasteiger partial charge in [-0.3, -0.25) is 4.79 Å². The number of carbonyl (C=O) groups is 1. The van der Waals surface area contributed by atoms with Crippen LogP contribution in [0.25, 0.3) is 11.1 Å². The molecule has 0 radical (unpaired) electrons. The third kappa shape index (κ3) is 2.88. The van der Waals surface area contributed by atoms with Crippen LogP contribution < -0.4 is 5.32 Å². The Morgan fingerprint density at radius 2 is 1.78 bits per heavy atom. The van der Waals surface area contributed by atoms with E-state index in [9.17, 15) is 9.90 Å². The molecule has 92 valence electrons. The lowest BCUT2D eigenvalue weighted by atomic mass is 10.0. The highest BCUT2D eigenvalue weighted by Gasteiger charge is 2.03. The molecule has 0 saturated heterocycles. The number of hydrogen-bond donors (Lipinski definition) is 2. The van der Waals surface area contributed by atoms with E-state index in [0.717, 1.165) is 16.7 Å². The van der Waals surface area contributed by atoms with Crippen molar-refractivity contribution in [2.75, 3.05) is 0 Å². The molecule has 3 nitrogen and oxygen atoms in total. The fourth-order valence-electron chi connectivity index (χ4n) is 1.75. The number of nitrogens with one attached hydrogen (secondary N) is 1. The summed E-state index contributed by atoms with van der Waals surface area (Å²) in [6.45, 7) is 2.02.